The molecule has 0 radical (unpaired) electrons. The average molecular weight is 835 g/mol. The van der Waals surface area contributed by atoms with Gasteiger partial charge in [0, 0.05) is 45.3 Å². The fraction of sp³-hybridized carbons (Fsp3) is 0.578. The molecular weight excluding hydrogens is 776 g/mol. The zero-order valence-electron chi connectivity index (χ0n) is 35.9. The number of aliphatic hydroxyl groups excluding tert-OH is 1. The fourth-order valence-corrected chi connectivity index (χ4v) is 10.2. The zero-order chi connectivity index (χ0) is 44.2. The summed E-state index contributed by atoms with van der Waals surface area (Å²) in [5.41, 5.74) is -6.27. The molecular formula is C45H58N2O13. The molecule has 15 nitrogen and oxygen atoms in total. The summed E-state index contributed by atoms with van der Waals surface area (Å²) >= 11 is 0. The molecule has 0 spiro atoms. The van der Waals surface area contributed by atoms with Crippen LogP contribution in [0.1, 0.15) is 90.2 Å². The van der Waals surface area contributed by atoms with Crippen LogP contribution in [0.5, 0.6) is 0 Å². The van der Waals surface area contributed by atoms with Gasteiger partial charge in [0.05, 0.1) is 41.4 Å². The maximum atomic E-state index is 15.6. The quantitative estimate of drug-likeness (QED) is 0.151. The summed E-state index contributed by atoms with van der Waals surface area (Å²) in [4.78, 5) is 70.3. The lowest BCUT2D eigenvalue weighted by Gasteiger charge is -2.68. The number of ether oxygens (including phenoxy) is 6. The number of benzene rings is 2. The van der Waals surface area contributed by atoms with E-state index in [0.29, 0.717) is 11.1 Å². The number of rotatable bonds is 10. The number of fused-ring (bicyclic) bond motifs is 5. The van der Waals surface area contributed by atoms with E-state index in [0.717, 1.165) is 0 Å². The lowest BCUT2D eigenvalue weighted by molar-refractivity contribution is -0.294. The second-order valence-corrected chi connectivity index (χ2v) is 18.2. The smallest absolute Gasteiger partial charge is 0.408 e. The molecule has 2 saturated carbocycles. The zero-order valence-corrected chi connectivity index (χ0v) is 35.9. The van der Waals surface area contributed by atoms with Crippen LogP contribution in [-0.4, -0.2) is 114 Å². The number of alkyl carbamates (subject to hydrolysis) is 1. The van der Waals surface area contributed by atoms with E-state index in [-0.39, 0.29) is 24.2 Å². The number of esters is 2. The lowest BCUT2D eigenvalue weighted by Crippen LogP contribution is -2.85. The molecule has 4 N–H and O–H groups in total. The molecule has 6 rings (SSSR count). The number of nitrogens with one attached hydrogen (secondary N) is 2. The third-order valence-electron chi connectivity index (χ3n) is 13.2. The molecule has 1 saturated heterocycles. The maximum Gasteiger partial charge on any atom is 0.408 e. The Bertz CT molecular complexity index is 2010. The van der Waals surface area contributed by atoms with Crippen molar-refractivity contribution in [2.24, 2.45) is 16.7 Å². The lowest BCUT2D eigenvalue weighted by atomic mass is 9.44. The van der Waals surface area contributed by atoms with Crippen LogP contribution >= 0.6 is 0 Å². The first-order valence-electron chi connectivity index (χ1n) is 20.2. The number of methoxy groups -OCH3 is 2. The average Bonchev–Trinajstić information content (AvgIpc) is 3.18. The normalized spacial score (nSPS) is 33.0. The van der Waals surface area contributed by atoms with Crippen molar-refractivity contribution in [2.45, 2.75) is 128 Å². The summed E-state index contributed by atoms with van der Waals surface area (Å²) in [5, 5.41) is 31.1. The van der Waals surface area contributed by atoms with Crippen molar-refractivity contribution in [3.63, 3.8) is 0 Å². The van der Waals surface area contributed by atoms with E-state index in [4.69, 9.17) is 28.4 Å². The first kappa shape index (κ1) is 44.9. The second kappa shape index (κ2) is 16.3. The topological polar surface area (TPSA) is 205 Å². The number of amides is 2. The number of hydrogen-bond acceptors (Lipinski definition) is 13. The highest BCUT2D eigenvalue weighted by molar-refractivity contribution is 5.94. The van der Waals surface area contributed by atoms with Gasteiger partial charge in [-0.2, -0.15) is 0 Å². The van der Waals surface area contributed by atoms with E-state index < -0.39 is 112 Å². The summed E-state index contributed by atoms with van der Waals surface area (Å²) in [5.74, 6) is -4.08. The molecule has 60 heavy (non-hydrogen) atoms. The van der Waals surface area contributed by atoms with Crippen molar-refractivity contribution in [2.75, 3.05) is 20.8 Å². The van der Waals surface area contributed by atoms with Crippen LogP contribution in [0.2, 0.25) is 0 Å². The Hall–Kier alpha value is -4.67. The van der Waals surface area contributed by atoms with E-state index in [1.54, 1.807) is 109 Å². The third kappa shape index (κ3) is 7.52. The van der Waals surface area contributed by atoms with Gasteiger partial charge in [0.2, 0.25) is 5.91 Å². The van der Waals surface area contributed by atoms with Gasteiger partial charge < -0.3 is 49.3 Å². The highest BCUT2D eigenvalue weighted by Gasteiger charge is 2.77. The van der Waals surface area contributed by atoms with Gasteiger partial charge in [0.1, 0.15) is 29.5 Å². The van der Waals surface area contributed by atoms with Crippen LogP contribution in [0.3, 0.4) is 0 Å². The van der Waals surface area contributed by atoms with Crippen LogP contribution in [0.25, 0.3) is 0 Å². The van der Waals surface area contributed by atoms with Gasteiger partial charge >= 0.3 is 18.0 Å². The van der Waals surface area contributed by atoms with Crippen LogP contribution in [0.15, 0.2) is 71.8 Å². The summed E-state index contributed by atoms with van der Waals surface area (Å²) in [6, 6.07) is 15.2. The van der Waals surface area contributed by atoms with E-state index in [1.165, 1.54) is 21.1 Å². The molecule has 0 aromatic heterocycles. The summed E-state index contributed by atoms with van der Waals surface area (Å²) < 4.78 is 36.4. The largest absolute Gasteiger partial charge is 0.456 e. The van der Waals surface area contributed by atoms with Gasteiger partial charge in [-0.05, 0) is 63.5 Å². The van der Waals surface area contributed by atoms with Gasteiger partial charge in [-0.25, -0.2) is 14.4 Å². The number of Topliss-reactive ketones (excluding diaryl/α,β-unsaturated/α-hetero) is 1. The Morgan fingerprint density at radius 1 is 0.933 bits per heavy atom. The highest BCUT2D eigenvalue weighted by atomic mass is 16.6. The molecule has 2 aromatic carbocycles. The Labute approximate surface area is 350 Å². The molecule has 11 atom stereocenters. The van der Waals surface area contributed by atoms with Gasteiger partial charge in [-0.1, -0.05) is 62.4 Å². The van der Waals surface area contributed by atoms with Crippen LogP contribution in [0, 0.1) is 16.7 Å². The first-order chi connectivity index (χ1) is 28.1. The summed E-state index contributed by atoms with van der Waals surface area (Å²) in [6.07, 6.45) is -8.95. The Balaban J connectivity index is 1.52. The number of ketones is 1. The summed E-state index contributed by atoms with van der Waals surface area (Å²) in [7, 11) is 2.82. The molecule has 2 amide bonds. The van der Waals surface area contributed by atoms with Crippen molar-refractivity contribution < 1.29 is 62.6 Å². The van der Waals surface area contributed by atoms with Gasteiger partial charge in [-0.15, -0.1) is 0 Å². The molecule has 3 aliphatic carbocycles. The highest BCUT2D eigenvalue weighted by Crippen LogP contribution is 2.64. The predicted octanol–water partition coefficient (Wildman–Crippen LogP) is 4.14. The Morgan fingerprint density at radius 2 is 1.55 bits per heavy atom. The predicted molar refractivity (Wildman–Crippen MR) is 215 cm³/mol. The summed E-state index contributed by atoms with van der Waals surface area (Å²) in [6.45, 7) is 13.0. The van der Waals surface area contributed by atoms with Gasteiger partial charge in [-0.3, -0.25) is 9.59 Å². The Morgan fingerprint density at radius 3 is 2.08 bits per heavy atom. The van der Waals surface area contributed by atoms with Crippen molar-refractivity contribution in [3.05, 3.63) is 82.9 Å². The molecule has 0 unspecified atom stereocenters. The molecule has 326 valence electrons. The first-order valence-corrected chi connectivity index (χ1v) is 20.2. The molecule has 3 fully saturated rings. The number of aliphatic hydroxyl groups is 2. The minimum absolute atomic E-state index is 0.0768. The molecule has 2 bridgehead atoms. The fourth-order valence-electron chi connectivity index (χ4n) is 10.2. The van der Waals surface area contributed by atoms with E-state index in [9.17, 15) is 29.4 Å². The molecule has 2 aromatic rings. The molecule has 1 aliphatic heterocycles. The molecule has 15 heteroatoms. The van der Waals surface area contributed by atoms with Crippen LogP contribution in [0.4, 0.5) is 4.79 Å². The van der Waals surface area contributed by atoms with Crippen molar-refractivity contribution >= 4 is 29.7 Å². The van der Waals surface area contributed by atoms with Crippen molar-refractivity contribution in [1.29, 1.82) is 0 Å². The van der Waals surface area contributed by atoms with Crippen LogP contribution < -0.4 is 10.6 Å². The van der Waals surface area contributed by atoms with E-state index in [1.807, 2.05) is 0 Å². The van der Waals surface area contributed by atoms with Gasteiger partial charge in [0.25, 0.3) is 0 Å². The monoisotopic (exact) mass is 834 g/mol. The number of hydrogen-bond donors (Lipinski definition) is 4. The van der Waals surface area contributed by atoms with Crippen molar-refractivity contribution in [3.8, 4) is 0 Å². The van der Waals surface area contributed by atoms with E-state index in [2.05, 4.69) is 10.6 Å². The second-order valence-electron chi connectivity index (χ2n) is 18.2. The third-order valence-corrected chi connectivity index (χ3v) is 13.2. The van der Waals surface area contributed by atoms with Crippen molar-refractivity contribution in [1.82, 2.24) is 10.6 Å². The standard InChI is InChI=1S/C45H58N2O13/c1-24-28(58-39(52)33(49)32(26-17-13-11-14-18-26)46-40(53)60-41(3,4)5)22-45(54)37(59-38(51)27-19-15-12-16-20-27)35-43(8,36(50)34(56-10)31(24)42(45,6)7)29(55-9)21-30-44(35,23-57-30)47-25(2)48/h11-20,28-30,32-35,37,49,54H,21-23H2,1-10H3,(H,46,53)(H,47,48)/t28-,29-,30+,32-,33+,34+,35-,37-,43+,44-,45+/m0/s1. The maximum absolute atomic E-state index is 15.6. The minimum Gasteiger partial charge on any atom is -0.456 e. The Kier molecular flexibility index (Phi) is 12.2. The van der Waals surface area contributed by atoms with Gasteiger partial charge in [0.15, 0.2) is 11.9 Å². The minimum atomic E-state index is -2.18. The number of carbonyl (C=O) groups excluding carboxylic acids is 5. The van der Waals surface area contributed by atoms with E-state index >= 15 is 4.79 Å². The number of carbonyl (C=O) groups is 5. The molecule has 4 aliphatic rings. The molecule has 1 heterocycles. The van der Waals surface area contributed by atoms with Crippen LogP contribution in [-0.2, 0) is 42.8 Å². The SMILES string of the molecule is CO[C@H]1C(=O)[C@]2(C)[C@@H](OC)C[C@H]3OC[C@@]3(NC(C)=O)[C@H]2[C@H](OC(=O)c2ccccc2)[C@]2(O)C[C@H](OC(=O)[C@H](O)[C@@H](NC(=O)OC(C)(C)C)c3ccccc3)C(C)=C1C2(C)C.